The number of nitrogens with two attached hydrogens (primary N) is 1. The van der Waals surface area contributed by atoms with Crippen LogP contribution in [0.25, 0.3) is 0 Å². The lowest BCUT2D eigenvalue weighted by molar-refractivity contribution is -0.146. The molecule has 4 N–H and O–H groups in total. The summed E-state index contributed by atoms with van der Waals surface area (Å²) in [6.45, 7) is 3.19. The van der Waals surface area contributed by atoms with Crippen LogP contribution in [0, 0.1) is 16.6 Å². The standard InChI is InChI=1S/C17H17FN2O4S.ClH/c1-17(2,16(22)23)8-10-4-6-13(25-10)15(21)24-12-5-3-9(14(19)20)7-11(12)18;/h3-7H,8H2,1-2H3,(H3,19,20)(H,22,23);1H. The van der Waals surface area contributed by atoms with Crippen LogP contribution in [-0.2, 0) is 11.2 Å². The van der Waals surface area contributed by atoms with Gasteiger partial charge in [-0.15, -0.1) is 23.7 Å². The number of thiophene rings is 1. The largest absolute Gasteiger partial charge is 0.481 e. The van der Waals surface area contributed by atoms with E-state index >= 15 is 0 Å². The summed E-state index contributed by atoms with van der Waals surface area (Å²) < 4.78 is 18.9. The molecule has 0 amide bonds. The minimum absolute atomic E-state index is 0. The van der Waals surface area contributed by atoms with E-state index in [-0.39, 0.29) is 40.9 Å². The number of carboxylic acids is 1. The van der Waals surface area contributed by atoms with Crippen molar-refractivity contribution in [3.63, 3.8) is 0 Å². The molecule has 6 nitrogen and oxygen atoms in total. The topological polar surface area (TPSA) is 113 Å². The van der Waals surface area contributed by atoms with Crippen LogP contribution >= 0.6 is 23.7 Å². The summed E-state index contributed by atoms with van der Waals surface area (Å²) in [6.07, 6.45) is 0.266. The van der Waals surface area contributed by atoms with E-state index in [0.29, 0.717) is 4.88 Å². The Morgan fingerprint density at radius 2 is 1.96 bits per heavy atom. The van der Waals surface area contributed by atoms with Crippen LogP contribution in [-0.4, -0.2) is 22.9 Å². The highest BCUT2D eigenvalue weighted by Crippen LogP contribution is 2.28. The maximum Gasteiger partial charge on any atom is 0.353 e. The average Bonchev–Trinajstić information content (AvgIpc) is 2.96. The Labute approximate surface area is 159 Å². The monoisotopic (exact) mass is 400 g/mol. The third kappa shape index (κ3) is 5.03. The van der Waals surface area contributed by atoms with E-state index in [1.54, 1.807) is 19.9 Å². The number of amidine groups is 1. The van der Waals surface area contributed by atoms with Crippen molar-refractivity contribution in [2.75, 3.05) is 0 Å². The number of benzene rings is 1. The molecule has 1 heterocycles. The molecule has 1 aromatic carbocycles. The van der Waals surface area contributed by atoms with Crippen molar-refractivity contribution in [3.8, 4) is 5.75 Å². The van der Waals surface area contributed by atoms with Gasteiger partial charge in [-0.2, -0.15) is 0 Å². The van der Waals surface area contributed by atoms with Crippen LogP contribution in [0.1, 0.15) is 34.0 Å². The molecule has 0 bridgehead atoms. The van der Waals surface area contributed by atoms with Gasteiger partial charge in [-0.25, -0.2) is 9.18 Å². The molecular weight excluding hydrogens is 383 g/mol. The van der Waals surface area contributed by atoms with E-state index in [1.807, 2.05) is 0 Å². The zero-order valence-corrected chi connectivity index (χ0v) is 15.7. The van der Waals surface area contributed by atoms with E-state index in [9.17, 15) is 14.0 Å². The maximum atomic E-state index is 13.9. The lowest BCUT2D eigenvalue weighted by Gasteiger charge is -2.17. The minimum atomic E-state index is -0.958. The zero-order valence-electron chi connectivity index (χ0n) is 14.0. The second-order valence-corrected chi connectivity index (χ2v) is 7.25. The molecule has 2 aromatic rings. The van der Waals surface area contributed by atoms with E-state index in [4.69, 9.17) is 21.0 Å². The van der Waals surface area contributed by atoms with Gasteiger partial charge in [0.1, 0.15) is 10.7 Å². The molecule has 9 heteroatoms. The third-order valence-electron chi connectivity index (χ3n) is 3.50. The highest BCUT2D eigenvalue weighted by atomic mass is 35.5. The normalized spacial score (nSPS) is 10.7. The predicted octanol–water partition coefficient (Wildman–Crippen LogP) is 3.47. The Morgan fingerprint density at radius 3 is 2.50 bits per heavy atom. The zero-order chi connectivity index (χ0) is 18.8. The van der Waals surface area contributed by atoms with Gasteiger partial charge in [-0.05, 0) is 50.6 Å². The van der Waals surface area contributed by atoms with Crippen LogP contribution in [0.3, 0.4) is 0 Å². The summed E-state index contributed by atoms with van der Waals surface area (Å²) in [7, 11) is 0. The Morgan fingerprint density at radius 1 is 1.31 bits per heavy atom. The van der Waals surface area contributed by atoms with E-state index < -0.39 is 23.2 Å². The van der Waals surface area contributed by atoms with Crippen molar-refractivity contribution in [1.82, 2.24) is 0 Å². The van der Waals surface area contributed by atoms with Gasteiger partial charge >= 0.3 is 11.9 Å². The maximum absolute atomic E-state index is 13.9. The fraction of sp³-hybridized carbons (Fsp3) is 0.235. The summed E-state index contributed by atoms with van der Waals surface area (Å²) in [5, 5.41) is 16.4. The number of ether oxygens (including phenoxy) is 1. The first kappa shape index (κ1) is 21.6. The number of nitrogen functional groups attached to an aromatic ring is 1. The first-order chi connectivity index (χ1) is 11.6. The second-order valence-electron chi connectivity index (χ2n) is 6.08. The number of rotatable bonds is 6. The molecule has 0 spiro atoms. The number of nitrogens with one attached hydrogen (secondary N) is 1. The summed E-state index contributed by atoms with van der Waals surface area (Å²) in [5.41, 5.74) is 4.50. The number of halogens is 2. The molecule has 0 unspecified atom stereocenters. The number of aliphatic carboxylic acids is 1. The van der Waals surface area contributed by atoms with Gasteiger partial charge in [0, 0.05) is 10.4 Å². The van der Waals surface area contributed by atoms with Gasteiger partial charge in [-0.3, -0.25) is 10.2 Å². The Bertz CT molecular complexity index is 851. The van der Waals surface area contributed by atoms with Gasteiger partial charge in [-0.1, -0.05) is 0 Å². The highest BCUT2D eigenvalue weighted by molar-refractivity contribution is 7.13. The second kappa shape index (κ2) is 8.29. The summed E-state index contributed by atoms with van der Waals surface area (Å²) in [6, 6.07) is 6.79. The van der Waals surface area contributed by atoms with Crippen molar-refractivity contribution >= 4 is 41.5 Å². The molecule has 0 aliphatic carbocycles. The van der Waals surface area contributed by atoms with E-state index in [0.717, 1.165) is 17.4 Å². The van der Waals surface area contributed by atoms with Crippen LogP contribution in [0.15, 0.2) is 30.3 Å². The highest BCUT2D eigenvalue weighted by Gasteiger charge is 2.28. The molecule has 0 aliphatic rings. The average molecular weight is 401 g/mol. The van der Waals surface area contributed by atoms with Crippen molar-refractivity contribution < 1.29 is 23.8 Å². The molecule has 1 aromatic heterocycles. The van der Waals surface area contributed by atoms with E-state index in [1.165, 1.54) is 18.2 Å². The van der Waals surface area contributed by atoms with Crippen molar-refractivity contribution in [2.24, 2.45) is 11.1 Å². The fourth-order valence-corrected chi connectivity index (χ4v) is 3.11. The van der Waals surface area contributed by atoms with Crippen LogP contribution < -0.4 is 10.5 Å². The molecule has 0 atom stereocenters. The third-order valence-corrected chi connectivity index (χ3v) is 4.57. The fourth-order valence-electron chi connectivity index (χ4n) is 2.00. The van der Waals surface area contributed by atoms with Gasteiger partial charge in [0.05, 0.1) is 5.41 Å². The predicted molar refractivity (Wildman–Crippen MR) is 99.1 cm³/mol. The van der Waals surface area contributed by atoms with Crippen molar-refractivity contribution in [1.29, 1.82) is 5.41 Å². The van der Waals surface area contributed by atoms with Gasteiger partial charge < -0.3 is 15.6 Å². The summed E-state index contributed by atoms with van der Waals surface area (Å²) >= 11 is 1.10. The summed E-state index contributed by atoms with van der Waals surface area (Å²) in [5.74, 6) is -3.03. The number of carbonyl (C=O) groups excluding carboxylic acids is 1. The quantitative estimate of drug-likeness (QED) is 0.297. The van der Waals surface area contributed by atoms with Gasteiger partial charge in [0.2, 0.25) is 0 Å². The molecule has 0 saturated heterocycles. The molecule has 0 fully saturated rings. The molecule has 0 radical (unpaired) electrons. The number of hydrogen-bond donors (Lipinski definition) is 3. The molecular formula is C17H18ClFN2O4S. The number of hydrogen-bond acceptors (Lipinski definition) is 5. The lowest BCUT2D eigenvalue weighted by Crippen LogP contribution is -2.25. The van der Waals surface area contributed by atoms with Crippen molar-refractivity contribution in [2.45, 2.75) is 20.3 Å². The van der Waals surface area contributed by atoms with Crippen LogP contribution in [0.2, 0.25) is 0 Å². The first-order valence-electron chi connectivity index (χ1n) is 7.28. The molecule has 0 aliphatic heterocycles. The van der Waals surface area contributed by atoms with Crippen LogP contribution in [0.5, 0.6) is 5.75 Å². The lowest BCUT2D eigenvalue weighted by atomic mass is 9.89. The first-order valence-corrected chi connectivity index (χ1v) is 8.10. The smallest absolute Gasteiger partial charge is 0.353 e. The molecule has 26 heavy (non-hydrogen) atoms. The number of carbonyl (C=O) groups is 2. The molecule has 0 saturated carbocycles. The Hall–Kier alpha value is -2.45. The van der Waals surface area contributed by atoms with Gasteiger partial charge in [0.15, 0.2) is 11.6 Å². The van der Waals surface area contributed by atoms with Gasteiger partial charge in [0.25, 0.3) is 0 Å². The minimum Gasteiger partial charge on any atom is -0.481 e. The van der Waals surface area contributed by atoms with E-state index in [2.05, 4.69) is 0 Å². The Balaban J connectivity index is 0.00000338. The van der Waals surface area contributed by atoms with Crippen LogP contribution in [0.4, 0.5) is 4.39 Å². The summed E-state index contributed by atoms with van der Waals surface area (Å²) in [4.78, 5) is 24.3. The number of esters is 1. The van der Waals surface area contributed by atoms with Crippen molar-refractivity contribution in [3.05, 3.63) is 51.5 Å². The molecule has 2 rings (SSSR count). The molecule has 140 valence electrons. The SMILES string of the molecule is CC(C)(Cc1ccc(C(=O)Oc2ccc(C(=N)N)cc2F)s1)C(=O)O.Cl. The number of carboxylic acid groups (broad SMARTS) is 1. The Kier molecular flexibility index (Phi) is 6.88.